The molecular weight excluding hydrogens is 244 g/mol. The number of thioether (sulfide) groups is 1. The fraction of sp³-hybridized carbons (Fsp3) is 0.929. The zero-order valence-electron chi connectivity index (χ0n) is 11.2. The molecule has 0 aromatic carbocycles. The smallest absolute Gasteiger partial charge is 0.218 e. The normalized spacial score (nSPS) is 27.9. The lowest BCUT2D eigenvalue weighted by Gasteiger charge is -2.34. The van der Waals surface area contributed by atoms with Gasteiger partial charge in [0.15, 0.2) is 0 Å². The second kappa shape index (κ2) is 7.39. The Labute approximate surface area is 115 Å². The zero-order chi connectivity index (χ0) is 12.8. The maximum Gasteiger partial charge on any atom is 0.218 e. The molecule has 2 atom stereocenters. The van der Waals surface area contributed by atoms with Crippen molar-refractivity contribution in [2.45, 2.75) is 63.5 Å². The van der Waals surface area contributed by atoms with Gasteiger partial charge in [0.25, 0.3) is 0 Å². The standard InChI is InChI=1S/C14H26N2OS/c15-14(17)9-13(11-5-2-1-3-6-11)16-12-7-4-8-18-10-12/h11-13,16H,1-10H2,(H2,15,17). The summed E-state index contributed by atoms with van der Waals surface area (Å²) in [5.74, 6) is 3.00. The Hall–Kier alpha value is -0.220. The summed E-state index contributed by atoms with van der Waals surface area (Å²) in [5.41, 5.74) is 5.42. The molecule has 0 aromatic heterocycles. The number of hydrogen-bond acceptors (Lipinski definition) is 3. The van der Waals surface area contributed by atoms with Crippen LogP contribution >= 0.6 is 11.8 Å². The predicted molar refractivity (Wildman–Crippen MR) is 77.7 cm³/mol. The van der Waals surface area contributed by atoms with Gasteiger partial charge in [0.2, 0.25) is 5.91 Å². The van der Waals surface area contributed by atoms with E-state index in [1.807, 2.05) is 11.8 Å². The summed E-state index contributed by atoms with van der Waals surface area (Å²) in [4.78, 5) is 11.3. The highest BCUT2D eigenvalue weighted by molar-refractivity contribution is 7.99. The lowest BCUT2D eigenvalue weighted by atomic mass is 9.82. The lowest BCUT2D eigenvalue weighted by Crippen LogP contribution is -2.47. The summed E-state index contributed by atoms with van der Waals surface area (Å²) in [6.45, 7) is 0. The summed E-state index contributed by atoms with van der Waals surface area (Å²) in [5, 5.41) is 3.74. The first-order valence-electron chi connectivity index (χ1n) is 7.38. The van der Waals surface area contributed by atoms with Crippen molar-refractivity contribution in [2.75, 3.05) is 11.5 Å². The monoisotopic (exact) mass is 270 g/mol. The molecular formula is C14H26N2OS. The van der Waals surface area contributed by atoms with Crippen molar-refractivity contribution in [3.63, 3.8) is 0 Å². The van der Waals surface area contributed by atoms with E-state index in [-0.39, 0.29) is 5.91 Å². The van der Waals surface area contributed by atoms with Gasteiger partial charge in [0.1, 0.15) is 0 Å². The molecule has 2 fully saturated rings. The molecule has 0 spiro atoms. The maximum absolute atomic E-state index is 11.3. The van der Waals surface area contributed by atoms with Crippen LogP contribution in [0.1, 0.15) is 51.4 Å². The second-order valence-electron chi connectivity index (χ2n) is 5.76. The average Bonchev–Trinajstić information content (AvgIpc) is 2.40. The van der Waals surface area contributed by atoms with Crippen molar-refractivity contribution in [1.82, 2.24) is 5.32 Å². The molecule has 104 valence electrons. The highest BCUT2D eigenvalue weighted by atomic mass is 32.2. The third-order valence-corrected chi connectivity index (χ3v) is 5.47. The van der Waals surface area contributed by atoms with Crippen LogP contribution in [0.15, 0.2) is 0 Å². The Morgan fingerprint density at radius 1 is 1.22 bits per heavy atom. The van der Waals surface area contributed by atoms with Crippen molar-refractivity contribution < 1.29 is 4.79 Å². The van der Waals surface area contributed by atoms with E-state index in [1.54, 1.807) is 0 Å². The number of nitrogens with two attached hydrogens (primary N) is 1. The van der Waals surface area contributed by atoms with Crippen LogP contribution in [-0.4, -0.2) is 29.5 Å². The van der Waals surface area contributed by atoms with Crippen LogP contribution in [0.5, 0.6) is 0 Å². The minimum atomic E-state index is -0.151. The van der Waals surface area contributed by atoms with Crippen molar-refractivity contribution >= 4 is 17.7 Å². The Morgan fingerprint density at radius 3 is 2.61 bits per heavy atom. The maximum atomic E-state index is 11.3. The number of amides is 1. The molecule has 1 heterocycles. The molecule has 1 saturated heterocycles. The van der Waals surface area contributed by atoms with Gasteiger partial charge in [-0.3, -0.25) is 4.79 Å². The van der Waals surface area contributed by atoms with Gasteiger partial charge in [0, 0.05) is 24.3 Å². The number of nitrogens with one attached hydrogen (secondary N) is 1. The first-order chi connectivity index (χ1) is 8.75. The van der Waals surface area contributed by atoms with Crippen LogP contribution < -0.4 is 11.1 Å². The fourth-order valence-corrected chi connectivity index (χ4v) is 4.37. The van der Waals surface area contributed by atoms with E-state index in [1.165, 1.54) is 56.5 Å². The van der Waals surface area contributed by atoms with Gasteiger partial charge < -0.3 is 11.1 Å². The first-order valence-corrected chi connectivity index (χ1v) is 8.53. The quantitative estimate of drug-likeness (QED) is 0.806. The number of carbonyl (C=O) groups excluding carboxylic acids is 1. The van der Waals surface area contributed by atoms with E-state index in [0.717, 1.165) is 0 Å². The van der Waals surface area contributed by atoms with E-state index in [2.05, 4.69) is 5.32 Å². The summed E-state index contributed by atoms with van der Waals surface area (Å²) in [6, 6.07) is 0.918. The molecule has 1 saturated carbocycles. The van der Waals surface area contributed by atoms with Crippen LogP contribution in [-0.2, 0) is 4.79 Å². The van der Waals surface area contributed by atoms with Crippen molar-refractivity contribution in [1.29, 1.82) is 0 Å². The predicted octanol–water partition coefficient (Wildman–Crippen LogP) is 2.30. The van der Waals surface area contributed by atoms with E-state index < -0.39 is 0 Å². The topological polar surface area (TPSA) is 55.1 Å². The molecule has 2 unspecified atom stereocenters. The van der Waals surface area contributed by atoms with E-state index in [9.17, 15) is 4.79 Å². The molecule has 18 heavy (non-hydrogen) atoms. The molecule has 4 heteroatoms. The van der Waals surface area contributed by atoms with Gasteiger partial charge >= 0.3 is 0 Å². The second-order valence-corrected chi connectivity index (χ2v) is 6.91. The lowest BCUT2D eigenvalue weighted by molar-refractivity contribution is -0.118. The van der Waals surface area contributed by atoms with Gasteiger partial charge in [0.05, 0.1) is 0 Å². The highest BCUT2D eigenvalue weighted by Crippen LogP contribution is 2.29. The number of primary amides is 1. The van der Waals surface area contributed by atoms with Crippen LogP contribution in [0.25, 0.3) is 0 Å². The SMILES string of the molecule is NC(=O)CC(NC1CCCSC1)C1CCCCC1. The molecule has 3 N–H and O–H groups in total. The van der Waals surface area contributed by atoms with Crippen LogP contribution in [0.2, 0.25) is 0 Å². The Kier molecular flexibility index (Phi) is 5.83. The van der Waals surface area contributed by atoms with Gasteiger partial charge in [-0.15, -0.1) is 0 Å². The third-order valence-electron chi connectivity index (χ3n) is 4.25. The van der Waals surface area contributed by atoms with Crippen LogP contribution in [0.3, 0.4) is 0 Å². The van der Waals surface area contributed by atoms with Gasteiger partial charge in [-0.25, -0.2) is 0 Å². The first kappa shape index (κ1) is 14.2. The van der Waals surface area contributed by atoms with Crippen LogP contribution in [0.4, 0.5) is 0 Å². The molecule has 1 aliphatic carbocycles. The Morgan fingerprint density at radius 2 is 2.00 bits per heavy atom. The molecule has 2 aliphatic rings. The molecule has 0 radical (unpaired) electrons. The Balaban J connectivity index is 1.88. The van der Waals surface area contributed by atoms with Gasteiger partial charge in [-0.2, -0.15) is 11.8 Å². The summed E-state index contributed by atoms with van der Waals surface area (Å²) >= 11 is 2.03. The minimum Gasteiger partial charge on any atom is -0.370 e. The minimum absolute atomic E-state index is 0.151. The average molecular weight is 270 g/mol. The molecule has 0 bridgehead atoms. The van der Waals surface area contributed by atoms with E-state index in [4.69, 9.17) is 5.73 Å². The molecule has 3 nitrogen and oxygen atoms in total. The van der Waals surface area contributed by atoms with E-state index in [0.29, 0.717) is 24.4 Å². The third kappa shape index (κ3) is 4.47. The summed E-state index contributed by atoms with van der Waals surface area (Å²) < 4.78 is 0. The largest absolute Gasteiger partial charge is 0.370 e. The van der Waals surface area contributed by atoms with Gasteiger partial charge in [-0.05, 0) is 37.4 Å². The van der Waals surface area contributed by atoms with Crippen molar-refractivity contribution in [3.05, 3.63) is 0 Å². The molecule has 1 amide bonds. The van der Waals surface area contributed by atoms with E-state index >= 15 is 0 Å². The van der Waals surface area contributed by atoms with Gasteiger partial charge in [-0.1, -0.05) is 19.3 Å². The molecule has 1 aliphatic heterocycles. The van der Waals surface area contributed by atoms with Crippen molar-refractivity contribution in [2.24, 2.45) is 11.7 Å². The number of rotatable bonds is 5. The number of hydrogen-bond donors (Lipinski definition) is 2. The molecule has 0 aromatic rings. The summed E-state index contributed by atoms with van der Waals surface area (Å²) in [7, 11) is 0. The fourth-order valence-electron chi connectivity index (χ4n) is 3.29. The molecule has 2 rings (SSSR count). The van der Waals surface area contributed by atoms with Crippen LogP contribution in [0, 0.1) is 5.92 Å². The van der Waals surface area contributed by atoms with Crippen molar-refractivity contribution in [3.8, 4) is 0 Å². The Bertz CT molecular complexity index is 261. The summed E-state index contributed by atoms with van der Waals surface area (Å²) in [6.07, 6.45) is 9.62. The highest BCUT2D eigenvalue weighted by Gasteiger charge is 2.27. The number of carbonyl (C=O) groups is 1. The zero-order valence-corrected chi connectivity index (χ0v) is 12.0.